The molecule has 22 heavy (non-hydrogen) atoms. The number of hydrogen-bond acceptors (Lipinski definition) is 3. The lowest BCUT2D eigenvalue weighted by atomic mass is 9.93. The predicted octanol–water partition coefficient (Wildman–Crippen LogP) is 3.58. The smallest absolute Gasteiger partial charge is 0.410 e. The Kier molecular flexibility index (Phi) is 5.14. The van der Waals surface area contributed by atoms with Crippen molar-refractivity contribution in [3.63, 3.8) is 0 Å². The first-order valence-electron chi connectivity index (χ1n) is 8.38. The molecule has 0 atom stereocenters. The third kappa shape index (κ3) is 4.02. The summed E-state index contributed by atoms with van der Waals surface area (Å²) in [6, 6.07) is 2.23. The van der Waals surface area contributed by atoms with E-state index in [4.69, 9.17) is 4.74 Å². The second-order valence-electron chi connectivity index (χ2n) is 6.97. The van der Waals surface area contributed by atoms with Crippen molar-refractivity contribution in [3.8, 4) is 0 Å². The maximum Gasteiger partial charge on any atom is 0.410 e. The van der Waals surface area contributed by atoms with E-state index >= 15 is 0 Å². The van der Waals surface area contributed by atoms with Crippen LogP contribution in [-0.4, -0.2) is 39.5 Å². The number of carbonyl (C=O) groups excluding carboxylic acids is 1. The highest BCUT2D eigenvalue weighted by Gasteiger charge is 2.29. The molecular formula is C17H29N3O2. The molecule has 1 saturated heterocycles. The van der Waals surface area contributed by atoms with Gasteiger partial charge in [-0.15, -0.1) is 0 Å². The van der Waals surface area contributed by atoms with E-state index in [1.807, 2.05) is 25.7 Å². The van der Waals surface area contributed by atoms with Gasteiger partial charge in [-0.1, -0.05) is 6.92 Å². The molecule has 0 spiro atoms. The van der Waals surface area contributed by atoms with Gasteiger partial charge in [-0.25, -0.2) is 4.79 Å². The summed E-state index contributed by atoms with van der Waals surface area (Å²) in [5.41, 5.74) is 2.06. The van der Waals surface area contributed by atoms with Gasteiger partial charge < -0.3 is 9.64 Å². The number of nitrogens with zero attached hydrogens (tertiary/aromatic N) is 3. The number of carbonyl (C=O) groups is 1. The number of aromatic nitrogens is 2. The Morgan fingerprint density at radius 2 is 1.95 bits per heavy atom. The van der Waals surface area contributed by atoms with E-state index in [-0.39, 0.29) is 6.09 Å². The van der Waals surface area contributed by atoms with Crippen LogP contribution < -0.4 is 0 Å². The lowest BCUT2D eigenvalue weighted by molar-refractivity contribution is 0.0203. The average Bonchev–Trinajstić information content (AvgIpc) is 2.89. The Balaban J connectivity index is 1.97. The summed E-state index contributed by atoms with van der Waals surface area (Å²) >= 11 is 0. The van der Waals surface area contributed by atoms with E-state index in [2.05, 4.69) is 29.7 Å². The number of hydrogen-bond donors (Lipinski definition) is 0. The summed E-state index contributed by atoms with van der Waals surface area (Å²) in [4.78, 5) is 13.9. The van der Waals surface area contributed by atoms with Gasteiger partial charge in [0.25, 0.3) is 0 Å². The van der Waals surface area contributed by atoms with Crippen molar-refractivity contribution in [2.45, 2.75) is 71.9 Å². The number of aryl methyl sites for hydroxylation is 2. The first kappa shape index (κ1) is 16.8. The molecule has 0 aromatic carbocycles. The molecule has 2 heterocycles. The highest BCUT2D eigenvalue weighted by molar-refractivity contribution is 5.68. The lowest BCUT2D eigenvalue weighted by Gasteiger charge is -2.33. The van der Waals surface area contributed by atoms with Crippen LogP contribution in [0.2, 0.25) is 0 Å². The minimum absolute atomic E-state index is 0.191. The Morgan fingerprint density at radius 3 is 2.45 bits per heavy atom. The topological polar surface area (TPSA) is 47.4 Å². The van der Waals surface area contributed by atoms with Crippen LogP contribution in [0.1, 0.15) is 64.8 Å². The van der Waals surface area contributed by atoms with E-state index in [0.29, 0.717) is 5.92 Å². The number of rotatable bonds is 3. The van der Waals surface area contributed by atoms with Crippen LogP contribution in [0.25, 0.3) is 0 Å². The van der Waals surface area contributed by atoms with Gasteiger partial charge >= 0.3 is 6.09 Å². The second-order valence-corrected chi connectivity index (χ2v) is 6.97. The molecule has 124 valence electrons. The van der Waals surface area contributed by atoms with Crippen molar-refractivity contribution < 1.29 is 9.53 Å². The van der Waals surface area contributed by atoms with E-state index in [9.17, 15) is 4.79 Å². The standard InChI is InChI=1S/C17H29N3O2/c1-6-14-12-15(20(7-2)18-14)13-8-10-19(11-9-13)16(21)22-17(3,4)5/h12-13H,6-11H2,1-5H3. The molecular weight excluding hydrogens is 278 g/mol. The first-order chi connectivity index (χ1) is 10.3. The summed E-state index contributed by atoms with van der Waals surface area (Å²) in [6.07, 6.45) is 2.74. The molecule has 0 aliphatic carbocycles. The number of amides is 1. The molecule has 0 radical (unpaired) electrons. The summed E-state index contributed by atoms with van der Waals surface area (Å²) < 4.78 is 7.57. The Labute approximate surface area is 133 Å². The molecule has 5 heteroatoms. The maximum absolute atomic E-state index is 12.1. The van der Waals surface area contributed by atoms with Crippen molar-refractivity contribution in [2.24, 2.45) is 0 Å². The SMILES string of the molecule is CCc1cc(C2CCN(C(=O)OC(C)(C)C)CC2)n(CC)n1. The van der Waals surface area contributed by atoms with Crippen LogP contribution >= 0.6 is 0 Å². The first-order valence-corrected chi connectivity index (χ1v) is 8.38. The summed E-state index contributed by atoms with van der Waals surface area (Å²) in [5.74, 6) is 0.492. The molecule has 2 rings (SSSR count). The Hall–Kier alpha value is -1.52. The van der Waals surface area contributed by atoms with Crippen molar-refractivity contribution >= 4 is 6.09 Å². The third-order valence-electron chi connectivity index (χ3n) is 4.09. The lowest BCUT2D eigenvalue weighted by Crippen LogP contribution is -2.41. The van der Waals surface area contributed by atoms with E-state index in [1.54, 1.807) is 0 Å². The van der Waals surface area contributed by atoms with Crippen LogP contribution in [-0.2, 0) is 17.7 Å². The van der Waals surface area contributed by atoms with Crippen LogP contribution in [0.5, 0.6) is 0 Å². The predicted molar refractivity (Wildman–Crippen MR) is 87.1 cm³/mol. The number of piperidine rings is 1. The molecule has 0 bridgehead atoms. The Bertz CT molecular complexity index is 508. The van der Waals surface area contributed by atoms with Crippen LogP contribution in [0.15, 0.2) is 6.07 Å². The van der Waals surface area contributed by atoms with E-state index in [1.165, 1.54) is 5.69 Å². The molecule has 1 fully saturated rings. The maximum atomic E-state index is 12.1. The summed E-state index contributed by atoms with van der Waals surface area (Å²) in [7, 11) is 0. The van der Waals surface area contributed by atoms with Crippen LogP contribution in [0.3, 0.4) is 0 Å². The van der Waals surface area contributed by atoms with Crippen molar-refractivity contribution in [1.82, 2.24) is 14.7 Å². The van der Waals surface area contributed by atoms with Gasteiger partial charge in [0, 0.05) is 31.2 Å². The molecule has 1 aliphatic rings. The molecule has 1 aliphatic heterocycles. The minimum atomic E-state index is -0.426. The fourth-order valence-electron chi connectivity index (χ4n) is 2.93. The zero-order valence-electron chi connectivity index (χ0n) is 14.6. The van der Waals surface area contributed by atoms with Crippen molar-refractivity contribution in [1.29, 1.82) is 0 Å². The second kappa shape index (κ2) is 6.71. The molecule has 1 aromatic rings. The van der Waals surface area contributed by atoms with Crippen molar-refractivity contribution in [2.75, 3.05) is 13.1 Å². The molecule has 0 unspecified atom stereocenters. The number of ether oxygens (including phenoxy) is 1. The normalized spacial score (nSPS) is 16.9. The molecule has 0 saturated carbocycles. The van der Waals surface area contributed by atoms with Crippen molar-refractivity contribution in [3.05, 3.63) is 17.5 Å². The average molecular weight is 307 g/mol. The van der Waals surface area contributed by atoms with E-state index in [0.717, 1.165) is 44.6 Å². The third-order valence-corrected chi connectivity index (χ3v) is 4.09. The zero-order chi connectivity index (χ0) is 16.3. The molecule has 1 amide bonds. The summed E-state index contributed by atoms with van der Waals surface area (Å²) in [5, 5.41) is 4.64. The van der Waals surface area contributed by atoms with Gasteiger partial charge in [0.2, 0.25) is 0 Å². The molecule has 1 aromatic heterocycles. The molecule has 0 N–H and O–H groups in total. The van der Waals surface area contributed by atoms with Gasteiger partial charge in [0.1, 0.15) is 5.60 Å². The van der Waals surface area contributed by atoms with Gasteiger partial charge in [-0.3, -0.25) is 4.68 Å². The van der Waals surface area contributed by atoms with Gasteiger partial charge in [-0.2, -0.15) is 5.10 Å². The van der Waals surface area contributed by atoms with Crippen LogP contribution in [0.4, 0.5) is 4.79 Å². The Morgan fingerprint density at radius 1 is 1.32 bits per heavy atom. The van der Waals surface area contributed by atoms with Gasteiger partial charge in [-0.05, 0) is 53.0 Å². The highest BCUT2D eigenvalue weighted by atomic mass is 16.6. The number of likely N-dealkylation sites (tertiary alicyclic amines) is 1. The quantitative estimate of drug-likeness (QED) is 0.857. The molecule has 5 nitrogen and oxygen atoms in total. The van der Waals surface area contributed by atoms with Gasteiger partial charge in [0.05, 0.1) is 5.69 Å². The monoisotopic (exact) mass is 307 g/mol. The van der Waals surface area contributed by atoms with Gasteiger partial charge in [0.15, 0.2) is 0 Å². The largest absolute Gasteiger partial charge is 0.444 e. The van der Waals surface area contributed by atoms with Crippen LogP contribution in [0, 0.1) is 0 Å². The highest BCUT2D eigenvalue weighted by Crippen LogP contribution is 2.29. The van der Waals surface area contributed by atoms with E-state index < -0.39 is 5.60 Å². The summed E-state index contributed by atoms with van der Waals surface area (Å²) in [6.45, 7) is 12.4. The fourth-order valence-corrected chi connectivity index (χ4v) is 2.93. The zero-order valence-corrected chi connectivity index (χ0v) is 14.6. The minimum Gasteiger partial charge on any atom is -0.444 e. The fraction of sp³-hybridized carbons (Fsp3) is 0.765.